The standard InChI is InChI=1S/C17H18ClN3O2/c18-15-6-3-5-13(10-15)17-11-19-8-9-20(17)12-14-4-1-2-7-16(14)21(22)23/h1-7,10,17,19H,8-9,11-12H2. The molecule has 1 atom stereocenters. The summed E-state index contributed by atoms with van der Waals surface area (Å²) in [6, 6.07) is 14.9. The Morgan fingerprint density at radius 1 is 1.26 bits per heavy atom. The fraction of sp³-hybridized carbons (Fsp3) is 0.294. The molecule has 2 aromatic rings. The summed E-state index contributed by atoms with van der Waals surface area (Å²) in [4.78, 5) is 13.2. The van der Waals surface area contributed by atoms with Crippen molar-refractivity contribution < 1.29 is 4.92 Å². The van der Waals surface area contributed by atoms with Crippen LogP contribution in [0, 0.1) is 10.1 Å². The van der Waals surface area contributed by atoms with Crippen LogP contribution in [0.3, 0.4) is 0 Å². The molecule has 5 nitrogen and oxygen atoms in total. The fourth-order valence-electron chi connectivity index (χ4n) is 3.02. The molecule has 0 aromatic heterocycles. The minimum Gasteiger partial charge on any atom is -0.314 e. The fourth-order valence-corrected chi connectivity index (χ4v) is 3.22. The van der Waals surface area contributed by atoms with Crippen molar-refractivity contribution in [3.8, 4) is 0 Å². The van der Waals surface area contributed by atoms with Crippen LogP contribution in [0.2, 0.25) is 5.02 Å². The first-order valence-electron chi connectivity index (χ1n) is 7.57. The van der Waals surface area contributed by atoms with E-state index in [-0.39, 0.29) is 16.7 Å². The molecule has 1 saturated heterocycles. The van der Waals surface area contributed by atoms with E-state index in [4.69, 9.17) is 11.6 Å². The second-order valence-corrected chi connectivity index (χ2v) is 6.07. The highest BCUT2D eigenvalue weighted by molar-refractivity contribution is 6.30. The third kappa shape index (κ3) is 3.69. The molecular formula is C17H18ClN3O2. The number of halogens is 1. The van der Waals surface area contributed by atoms with Crippen LogP contribution in [-0.4, -0.2) is 29.5 Å². The van der Waals surface area contributed by atoms with Crippen molar-refractivity contribution in [2.75, 3.05) is 19.6 Å². The Balaban J connectivity index is 1.87. The minimum absolute atomic E-state index is 0.155. The summed E-state index contributed by atoms with van der Waals surface area (Å²) in [6.45, 7) is 3.07. The molecule has 0 saturated carbocycles. The maximum atomic E-state index is 11.2. The van der Waals surface area contributed by atoms with Crippen molar-refractivity contribution >= 4 is 17.3 Å². The summed E-state index contributed by atoms with van der Waals surface area (Å²) in [5.41, 5.74) is 2.05. The molecule has 6 heteroatoms. The highest BCUT2D eigenvalue weighted by Crippen LogP contribution is 2.28. The normalized spacial score (nSPS) is 18.7. The number of hydrogen-bond acceptors (Lipinski definition) is 4. The summed E-state index contributed by atoms with van der Waals surface area (Å²) >= 11 is 6.11. The number of benzene rings is 2. The van der Waals surface area contributed by atoms with Crippen molar-refractivity contribution in [3.63, 3.8) is 0 Å². The van der Waals surface area contributed by atoms with Crippen LogP contribution < -0.4 is 5.32 Å². The second-order valence-electron chi connectivity index (χ2n) is 5.63. The van der Waals surface area contributed by atoms with Gasteiger partial charge < -0.3 is 5.32 Å². The Labute approximate surface area is 140 Å². The zero-order valence-corrected chi connectivity index (χ0v) is 13.4. The minimum atomic E-state index is -0.314. The predicted octanol–water partition coefficient (Wildman–Crippen LogP) is 3.39. The number of nitro groups is 1. The van der Waals surface area contributed by atoms with Gasteiger partial charge in [0.25, 0.3) is 5.69 Å². The van der Waals surface area contributed by atoms with Crippen LogP contribution in [0.15, 0.2) is 48.5 Å². The molecule has 1 N–H and O–H groups in total. The molecular weight excluding hydrogens is 314 g/mol. The average Bonchev–Trinajstić information content (AvgIpc) is 2.56. The van der Waals surface area contributed by atoms with Gasteiger partial charge in [0.05, 0.1) is 4.92 Å². The topological polar surface area (TPSA) is 58.4 Å². The maximum absolute atomic E-state index is 11.2. The molecule has 1 heterocycles. The lowest BCUT2D eigenvalue weighted by molar-refractivity contribution is -0.385. The molecule has 2 aromatic carbocycles. The largest absolute Gasteiger partial charge is 0.314 e. The third-order valence-electron chi connectivity index (χ3n) is 4.15. The number of nitro benzene ring substituents is 1. The molecule has 0 radical (unpaired) electrons. The van der Waals surface area contributed by atoms with Gasteiger partial charge in [0.2, 0.25) is 0 Å². The van der Waals surface area contributed by atoms with E-state index in [1.54, 1.807) is 12.1 Å². The van der Waals surface area contributed by atoms with Gasteiger partial charge in [-0.1, -0.05) is 41.9 Å². The van der Waals surface area contributed by atoms with Crippen LogP contribution in [0.25, 0.3) is 0 Å². The predicted molar refractivity (Wildman–Crippen MR) is 90.6 cm³/mol. The van der Waals surface area contributed by atoms with Crippen molar-refractivity contribution in [1.82, 2.24) is 10.2 Å². The number of nitrogens with zero attached hydrogens (tertiary/aromatic N) is 2. The Hall–Kier alpha value is -1.95. The van der Waals surface area contributed by atoms with Crippen LogP contribution in [0.5, 0.6) is 0 Å². The number of nitrogens with one attached hydrogen (secondary N) is 1. The third-order valence-corrected chi connectivity index (χ3v) is 4.38. The monoisotopic (exact) mass is 331 g/mol. The van der Waals surface area contributed by atoms with E-state index < -0.39 is 0 Å². The molecule has 0 amide bonds. The Morgan fingerprint density at radius 3 is 2.87 bits per heavy atom. The molecule has 0 aliphatic carbocycles. The molecule has 1 unspecified atom stereocenters. The lowest BCUT2D eigenvalue weighted by Crippen LogP contribution is -2.45. The van der Waals surface area contributed by atoms with Gasteiger partial charge in [0.15, 0.2) is 0 Å². The summed E-state index contributed by atoms with van der Waals surface area (Å²) in [7, 11) is 0. The lowest BCUT2D eigenvalue weighted by atomic mass is 10.0. The zero-order valence-electron chi connectivity index (χ0n) is 12.6. The van der Waals surface area contributed by atoms with Gasteiger partial charge in [0.1, 0.15) is 0 Å². The van der Waals surface area contributed by atoms with Gasteiger partial charge >= 0.3 is 0 Å². The first-order valence-corrected chi connectivity index (χ1v) is 7.95. The van der Waals surface area contributed by atoms with Gasteiger partial charge in [-0.05, 0) is 17.7 Å². The molecule has 3 rings (SSSR count). The quantitative estimate of drug-likeness (QED) is 0.689. The first kappa shape index (κ1) is 15.9. The van der Waals surface area contributed by atoms with E-state index in [0.717, 1.165) is 30.8 Å². The molecule has 1 aliphatic rings. The van der Waals surface area contributed by atoms with E-state index in [0.29, 0.717) is 11.6 Å². The van der Waals surface area contributed by atoms with E-state index in [1.807, 2.05) is 30.3 Å². The van der Waals surface area contributed by atoms with Gasteiger partial charge in [-0.3, -0.25) is 15.0 Å². The first-order chi connectivity index (χ1) is 11.1. The summed E-state index contributed by atoms with van der Waals surface area (Å²) in [6.07, 6.45) is 0. The van der Waals surface area contributed by atoms with Crippen LogP contribution in [0.1, 0.15) is 17.2 Å². The summed E-state index contributed by atoms with van der Waals surface area (Å²) in [5, 5.41) is 15.3. The van der Waals surface area contributed by atoms with E-state index in [9.17, 15) is 10.1 Å². The van der Waals surface area contributed by atoms with Gasteiger partial charge in [-0.25, -0.2) is 0 Å². The number of piperazine rings is 1. The molecule has 0 spiro atoms. The Morgan fingerprint density at radius 2 is 2.09 bits per heavy atom. The van der Waals surface area contributed by atoms with Crippen LogP contribution in [0.4, 0.5) is 5.69 Å². The van der Waals surface area contributed by atoms with Crippen LogP contribution in [-0.2, 0) is 6.54 Å². The smallest absolute Gasteiger partial charge is 0.273 e. The van der Waals surface area contributed by atoms with Crippen molar-refractivity contribution in [3.05, 3.63) is 74.8 Å². The van der Waals surface area contributed by atoms with Gasteiger partial charge in [-0.2, -0.15) is 0 Å². The number of hydrogen-bond donors (Lipinski definition) is 1. The molecule has 1 fully saturated rings. The van der Waals surface area contributed by atoms with Crippen molar-refractivity contribution in [1.29, 1.82) is 0 Å². The highest BCUT2D eigenvalue weighted by Gasteiger charge is 2.26. The second kappa shape index (κ2) is 7.08. The van der Waals surface area contributed by atoms with Gasteiger partial charge in [0, 0.05) is 48.9 Å². The summed E-state index contributed by atoms with van der Waals surface area (Å²) < 4.78 is 0. The van der Waals surface area contributed by atoms with E-state index in [1.165, 1.54) is 0 Å². The van der Waals surface area contributed by atoms with Gasteiger partial charge in [-0.15, -0.1) is 0 Å². The maximum Gasteiger partial charge on any atom is 0.273 e. The highest BCUT2D eigenvalue weighted by atomic mass is 35.5. The molecule has 1 aliphatic heterocycles. The van der Waals surface area contributed by atoms with Crippen molar-refractivity contribution in [2.24, 2.45) is 0 Å². The Bertz CT molecular complexity index is 708. The summed E-state index contributed by atoms with van der Waals surface area (Å²) in [5.74, 6) is 0. The average molecular weight is 332 g/mol. The number of rotatable bonds is 4. The van der Waals surface area contributed by atoms with E-state index in [2.05, 4.69) is 16.3 Å². The van der Waals surface area contributed by atoms with E-state index >= 15 is 0 Å². The number of para-hydroxylation sites is 1. The van der Waals surface area contributed by atoms with Crippen molar-refractivity contribution in [2.45, 2.75) is 12.6 Å². The SMILES string of the molecule is O=[N+]([O-])c1ccccc1CN1CCNCC1c1cccc(Cl)c1. The lowest BCUT2D eigenvalue weighted by Gasteiger charge is -2.36. The molecule has 23 heavy (non-hydrogen) atoms. The molecule has 120 valence electrons. The zero-order chi connectivity index (χ0) is 16.2. The van der Waals surface area contributed by atoms with Crippen LogP contribution >= 0.6 is 11.6 Å². The Kier molecular flexibility index (Phi) is 4.91. The molecule has 0 bridgehead atoms.